The lowest BCUT2D eigenvalue weighted by atomic mass is 10.3. The lowest BCUT2D eigenvalue weighted by Crippen LogP contribution is -2.16. The molecule has 0 aliphatic heterocycles. The predicted octanol–water partition coefficient (Wildman–Crippen LogP) is 2.53. The number of rotatable bonds is 2. The summed E-state index contributed by atoms with van der Waals surface area (Å²) in [7, 11) is 0. The largest absolute Gasteiger partial charge is 0.411 e. The highest BCUT2D eigenvalue weighted by Gasteiger charge is 1.95. The third-order valence-electron chi connectivity index (χ3n) is 1.60. The molecule has 0 fully saturated rings. The molecule has 4 N–H and O–H groups in total. The highest BCUT2D eigenvalue weighted by molar-refractivity contribution is 5.68. The first-order chi connectivity index (χ1) is 7.10. The number of hydrogen-bond acceptors (Lipinski definition) is 3. The zero-order chi connectivity index (χ0) is 11.7. The summed E-state index contributed by atoms with van der Waals surface area (Å²) in [5.74, 6) is 0.395. The van der Waals surface area contributed by atoms with Gasteiger partial charge in [-0.3, -0.25) is 0 Å². The minimum absolute atomic E-state index is 0.395. The Bertz CT molecular complexity index is 281. The molecule has 0 aromatic heterocycles. The number of amides is 1. The highest BCUT2D eigenvalue weighted by Crippen LogP contribution is 2.12. The van der Waals surface area contributed by atoms with Crippen molar-refractivity contribution in [3.8, 4) is 5.75 Å². The average Bonchev–Trinajstić information content (AvgIpc) is 2.21. The van der Waals surface area contributed by atoms with Crippen LogP contribution in [0.15, 0.2) is 24.3 Å². The smallest absolute Gasteiger partial charge is 0.409 e. The van der Waals surface area contributed by atoms with E-state index < -0.39 is 6.09 Å². The Hall–Kier alpha value is -1.71. The van der Waals surface area contributed by atoms with E-state index in [1.54, 1.807) is 24.3 Å². The topological polar surface area (TPSA) is 78.3 Å². The van der Waals surface area contributed by atoms with Crippen molar-refractivity contribution < 1.29 is 9.53 Å². The molecule has 0 bridgehead atoms. The molecule has 0 aliphatic carbocycles. The van der Waals surface area contributed by atoms with Gasteiger partial charge in [-0.15, -0.1) is 0 Å². The highest BCUT2D eigenvalue weighted by atomic mass is 16.5. The van der Waals surface area contributed by atoms with Crippen LogP contribution in [0.25, 0.3) is 0 Å². The van der Waals surface area contributed by atoms with E-state index in [9.17, 15) is 4.79 Å². The van der Waals surface area contributed by atoms with Gasteiger partial charge < -0.3 is 16.2 Å². The minimum Gasteiger partial charge on any atom is -0.411 e. The van der Waals surface area contributed by atoms with E-state index in [-0.39, 0.29) is 0 Å². The fourth-order valence-electron chi connectivity index (χ4n) is 0.652. The summed E-state index contributed by atoms with van der Waals surface area (Å²) < 4.78 is 4.55. The van der Waals surface area contributed by atoms with Crippen molar-refractivity contribution in [1.29, 1.82) is 0 Å². The first kappa shape index (κ1) is 13.3. The standard InChI is InChI=1S/C7H8N2O2.C4H10/c8-5-1-3-6(4-2-5)11-7(9)10;1-3-4-2/h1-4H,8H2,(H2,9,10);3-4H2,1-2H3. The maximum Gasteiger partial charge on any atom is 0.409 e. The van der Waals surface area contributed by atoms with Gasteiger partial charge >= 0.3 is 6.09 Å². The number of nitrogens with two attached hydrogens (primary N) is 2. The van der Waals surface area contributed by atoms with Crippen LogP contribution in [0.1, 0.15) is 26.7 Å². The second kappa shape index (κ2) is 7.67. The Labute approximate surface area is 90.2 Å². The third kappa shape index (κ3) is 7.37. The zero-order valence-corrected chi connectivity index (χ0v) is 9.19. The number of primary amides is 1. The molecule has 0 atom stereocenters. The average molecular weight is 210 g/mol. The molecule has 1 rings (SSSR count). The van der Waals surface area contributed by atoms with Crippen LogP contribution in [0.3, 0.4) is 0 Å². The molecule has 4 nitrogen and oxygen atoms in total. The van der Waals surface area contributed by atoms with Crippen LogP contribution >= 0.6 is 0 Å². The van der Waals surface area contributed by atoms with Crippen LogP contribution < -0.4 is 16.2 Å². The van der Waals surface area contributed by atoms with E-state index in [1.807, 2.05) is 0 Å². The van der Waals surface area contributed by atoms with Crippen molar-refractivity contribution in [2.75, 3.05) is 5.73 Å². The van der Waals surface area contributed by atoms with Gasteiger partial charge in [-0.1, -0.05) is 26.7 Å². The Morgan fingerprint density at radius 1 is 1.20 bits per heavy atom. The van der Waals surface area contributed by atoms with Gasteiger partial charge in [0.2, 0.25) is 0 Å². The minimum atomic E-state index is -0.824. The fraction of sp³-hybridized carbons (Fsp3) is 0.364. The van der Waals surface area contributed by atoms with Crippen LogP contribution in [-0.2, 0) is 0 Å². The second-order valence-electron chi connectivity index (χ2n) is 2.99. The number of carbonyl (C=O) groups excluding carboxylic acids is 1. The van der Waals surface area contributed by atoms with Gasteiger partial charge in [0.1, 0.15) is 5.75 Å². The number of nitrogen functional groups attached to an aromatic ring is 1. The monoisotopic (exact) mass is 210 g/mol. The molecule has 15 heavy (non-hydrogen) atoms. The molecule has 0 heterocycles. The summed E-state index contributed by atoms with van der Waals surface area (Å²) in [5, 5.41) is 0. The van der Waals surface area contributed by atoms with Crippen LogP contribution in [0, 0.1) is 0 Å². The predicted molar refractivity (Wildman–Crippen MR) is 61.6 cm³/mol. The molecule has 1 aromatic rings. The first-order valence-corrected chi connectivity index (χ1v) is 4.93. The molecule has 4 heteroatoms. The first-order valence-electron chi connectivity index (χ1n) is 4.93. The van der Waals surface area contributed by atoms with Gasteiger partial charge in [-0.2, -0.15) is 0 Å². The van der Waals surface area contributed by atoms with Gasteiger partial charge in [0.15, 0.2) is 0 Å². The maximum atomic E-state index is 10.2. The summed E-state index contributed by atoms with van der Waals surface area (Å²) in [4.78, 5) is 10.2. The number of unbranched alkanes of at least 4 members (excludes halogenated alkanes) is 1. The van der Waals surface area contributed by atoms with Gasteiger partial charge in [0.25, 0.3) is 0 Å². The third-order valence-corrected chi connectivity index (χ3v) is 1.60. The van der Waals surface area contributed by atoms with E-state index in [1.165, 1.54) is 12.8 Å². The molecule has 0 spiro atoms. The van der Waals surface area contributed by atoms with Gasteiger partial charge in [-0.05, 0) is 24.3 Å². The second-order valence-corrected chi connectivity index (χ2v) is 2.99. The van der Waals surface area contributed by atoms with Crippen molar-refractivity contribution in [3.05, 3.63) is 24.3 Å². The molecule has 0 saturated heterocycles. The number of carbonyl (C=O) groups is 1. The molecular formula is C11H18N2O2. The normalized spacial score (nSPS) is 8.67. The quantitative estimate of drug-likeness (QED) is 0.736. The van der Waals surface area contributed by atoms with Crippen molar-refractivity contribution >= 4 is 11.8 Å². The van der Waals surface area contributed by atoms with Crippen LogP contribution in [-0.4, -0.2) is 6.09 Å². The molecule has 0 aliphatic rings. The summed E-state index contributed by atoms with van der Waals surface area (Å²) in [6, 6.07) is 6.39. The molecular weight excluding hydrogens is 192 g/mol. The Morgan fingerprint density at radius 2 is 1.67 bits per heavy atom. The number of hydrogen-bond donors (Lipinski definition) is 2. The lowest BCUT2D eigenvalue weighted by molar-refractivity contribution is 0.211. The Morgan fingerprint density at radius 3 is 2.00 bits per heavy atom. The molecule has 0 saturated carbocycles. The maximum absolute atomic E-state index is 10.2. The van der Waals surface area contributed by atoms with E-state index in [0.717, 1.165) is 0 Å². The van der Waals surface area contributed by atoms with E-state index in [0.29, 0.717) is 11.4 Å². The van der Waals surface area contributed by atoms with Gasteiger partial charge in [0.05, 0.1) is 0 Å². The number of ether oxygens (including phenoxy) is 1. The van der Waals surface area contributed by atoms with Gasteiger partial charge in [-0.25, -0.2) is 4.79 Å². The van der Waals surface area contributed by atoms with E-state index in [2.05, 4.69) is 18.6 Å². The van der Waals surface area contributed by atoms with E-state index in [4.69, 9.17) is 11.5 Å². The molecule has 84 valence electrons. The lowest BCUT2D eigenvalue weighted by Gasteiger charge is -1.99. The molecule has 1 aromatic carbocycles. The fourth-order valence-corrected chi connectivity index (χ4v) is 0.652. The Kier molecular flexibility index (Phi) is 6.80. The van der Waals surface area contributed by atoms with Crippen molar-refractivity contribution in [2.45, 2.75) is 26.7 Å². The van der Waals surface area contributed by atoms with Gasteiger partial charge in [0, 0.05) is 5.69 Å². The van der Waals surface area contributed by atoms with Crippen LogP contribution in [0.2, 0.25) is 0 Å². The van der Waals surface area contributed by atoms with Crippen molar-refractivity contribution in [3.63, 3.8) is 0 Å². The summed E-state index contributed by atoms with van der Waals surface area (Å²) in [5.41, 5.74) is 10.8. The summed E-state index contributed by atoms with van der Waals surface area (Å²) in [6.45, 7) is 4.36. The van der Waals surface area contributed by atoms with Crippen molar-refractivity contribution in [2.24, 2.45) is 5.73 Å². The Balaban J connectivity index is 0.000000423. The number of benzene rings is 1. The van der Waals surface area contributed by atoms with Crippen LogP contribution in [0.5, 0.6) is 5.75 Å². The summed E-state index contributed by atoms with van der Waals surface area (Å²) >= 11 is 0. The SMILES string of the molecule is CCCC.NC(=O)Oc1ccc(N)cc1. The van der Waals surface area contributed by atoms with Crippen LogP contribution in [0.4, 0.5) is 10.5 Å². The van der Waals surface area contributed by atoms with Crippen molar-refractivity contribution in [1.82, 2.24) is 0 Å². The molecule has 0 unspecified atom stereocenters. The zero-order valence-electron chi connectivity index (χ0n) is 9.19. The molecule has 0 radical (unpaired) electrons. The summed E-state index contributed by atoms with van der Waals surface area (Å²) in [6.07, 6.45) is 1.81. The van der Waals surface area contributed by atoms with E-state index >= 15 is 0 Å². The molecule has 1 amide bonds. The number of anilines is 1.